The van der Waals surface area contributed by atoms with Gasteiger partial charge in [-0.1, -0.05) is 391 Å². The zero-order valence-corrected chi connectivity index (χ0v) is 57.2. The van der Waals surface area contributed by atoms with Gasteiger partial charge in [-0.05, 0) is 57.8 Å². The lowest BCUT2D eigenvalue weighted by Crippen LogP contribution is -2.45. The summed E-state index contributed by atoms with van der Waals surface area (Å²) in [5.74, 6) is -0.0482. The van der Waals surface area contributed by atoms with E-state index in [9.17, 15) is 19.8 Å². The molecule has 0 heterocycles. The van der Waals surface area contributed by atoms with Crippen LogP contribution in [0.4, 0.5) is 0 Å². The lowest BCUT2D eigenvalue weighted by Gasteiger charge is -2.20. The molecule has 0 saturated heterocycles. The van der Waals surface area contributed by atoms with Crippen LogP contribution in [0.25, 0.3) is 0 Å². The van der Waals surface area contributed by atoms with Crippen LogP contribution in [0.15, 0.2) is 24.3 Å². The van der Waals surface area contributed by atoms with Crippen molar-refractivity contribution >= 4 is 11.9 Å². The minimum absolute atomic E-state index is 0.0115. The molecule has 0 radical (unpaired) electrons. The summed E-state index contributed by atoms with van der Waals surface area (Å²) in [4.78, 5) is 24.6. The third kappa shape index (κ3) is 69.4. The molecule has 0 aromatic heterocycles. The van der Waals surface area contributed by atoms with Crippen molar-refractivity contribution in [3.8, 4) is 0 Å². The Labute approximate surface area is 526 Å². The van der Waals surface area contributed by atoms with Crippen molar-refractivity contribution < 1.29 is 24.5 Å². The number of carbonyl (C=O) groups excluding carboxylic acids is 2. The first-order valence-corrected chi connectivity index (χ1v) is 38.6. The monoisotopic (exact) mass is 1180 g/mol. The molecular weight excluding hydrogens is 1030 g/mol. The second-order valence-corrected chi connectivity index (χ2v) is 26.7. The predicted molar refractivity (Wildman–Crippen MR) is 370 cm³/mol. The summed E-state index contributed by atoms with van der Waals surface area (Å²) in [5, 5.41) is 23.3. The molecule has 0 aliphatic carbocycles. The Hall–Kier alpha value is -1.66. The van der Waals surface area contributed by atoms with E-state index in [1.54, 1.807) is 6.08 Å². The molecule has 0 spiro atoms. The molecule has 0 aromatic carbocycles. The minimum atomic E-state index is -0.844. The largest absolute Gasteiger partial charge is 0.466 e. The van der Waals surface area contributed by atoms with E-state index in [0.717, 1.165) is 44.9 Å². The van der Waals surface area contributed by atoms with Crippen molar-refractivity contribution in [1.82, 2.24) is 5.32 Å². The van der Waals surface area contributed by atoms with Crippen LogP contribution in [0.2, 0.25) is 0 Å². The minimum Gasteiger partial charge on any atom is -0.466 e. The number of ether oxygens (including phenoxy) is 1. The predicted octanol–water partition coefficient (Wildman–Crippen LogP) is 25.3. The van der Waals surface area contributed by atoms with E-state index < -0.39 is 12.1 Å². The molecule has 0 saturated carbocycles. The maximum Gasteiger partial charge on any atom is 0.305 e. The molecule has 2 atom stereocenters. The number of hydrogen-bond acceptors (Lipinski definition) is 5. The lowest BCUT2D eigenvalue weighted by atomic mass is 10.0. The molecular formula is C78H151NO5. The van der Waals surface area contributed by atoms with Gasteiger partial charge in [-0.15, -0.1) is 0 Å². The molecule has 1 amide bonds. The highest BCUT2D eigenvalue weighted by atomic mass is 16.5. The van der Waals surface area contributed by atoms with Crippen molar-refractivity contribution in [1.29, 1.82) is 0 Å². The molecule has 498 valence electrons. The molecule has 0 rings (SSSR count). The Morgan fingerprint density at radius 3 is 0.845 bits per heavy atom. The van der Waals surface area contributed by atoms with Gasteiger partial charge < -0.3 is 20.3 Å². The van der Waals surface area contributed by atoms with Crippen LogP contribution in [0, 0.1) is 0 Å². The highest BCUT2D eigenvalue weighted by Gasteiger charge is 2.18. The summed E-state index contributed by atoms with van der Waals surface area (Å²) < 4.78 is 5.50. The Bertz CT molecular complexity index is 1320. The van der Waals surface area contributed by atoms with Crippen molar-refractivity contribution in [2.75, 3.05) is 13.2 Å². The summed E-state index contributed by atoms with van der Waals surface area (Å²) in [6.45, 7) is 4.95. The second-order valence-electron chi connectivity index (χ2n) is 26.7. The van der Waals surface area contributed by atoms with Gasteiger partial charge >= 0.3 is 5.97 Å². The van der Waals surface area contributed by atoms with E-state index in [1.165, 1.54) is 366 Å². The van der Waals surface area contributed by atoms with Crippen LogP contribution in [0.1, 0.15) is 438 Å². The quantitative estimate of drug-likeness (QED) is 0.0320. The molecule has 6 heteroatoms. The number of unbranched alkanes of at least 4 members (excludes halogenated alkanes) is 60. The van der Waals surface area contributed by atoms with Gasteiger partial charge in [0.05, 0.1) is 25.4 Å². The van der Waals surface area contributed by atoms with Gasteiger partial charge in [0.15, 0.2) is 0 Å². The summed E-state index contributed by atoms with van der Waals surface area (Å²) in [5.41, 5.74) is 0. The Morgan fingerprint density at radius 2 is 0.560 bits per heavy atom. The number of aliphatic hydroxyl groups excluding tert-OH is 2. The molecule has 84 heavy (non-hydrogen) atoms. The topological polar surface area (TPSA) is 95.9 Å². The fourth-order valence-corrected chi connectivity index (χ4v) is 12.3. The number of hydrogen-bond donors (Lipinski definition) is 3. The Morgan fingerprint density at radius 1 is 0.321 bits per heavy atom. The molecule has 0 aliphatic rings. The van der Waals surface area contributed by atoms with Crippen LogP contribution in [-0.4, -0.2) is 47.4 Å². The number of rotatable bonds is 73. The van der Waals surface area contributed by atoms with E-state index in [4.69, 9.17) is 4.74 Å². The first-order valence-electron chi connectivity index (χ1n) is 38.6. The molecule has 0 aromatic rings. The molecule has 0 aliphatic heterocycles. The van der Waals surface area contributed by atoms with Crippen LogP contribution in [0.3, 0.4) is 0 Å². The van der Waals surface area contributed by atoms with Gasteiger partial charge in [0.1, 0.15) is 0 Å². The first-order chi connectivity index (χ1) is 41.5. The molecule has 6 nitrogen and oxygen atoms in total. The highest BCUT2D eigenvalue weighted by molar-refractivity contribution is 5.76. The number of esters is 1. The third-order valence-corrected chi connectivity index (χ3v) is 18.2. The second kappa shape index (κ2) is 73.8. The van der Waals surface area contributed by atoms with Crippen LogP contribution < -0.4 is 5.32 Å². The molecule has 2 unspecified atom stereocenters. The standard InChI is InChI=1S/C78H151NO5/c1-3-5-7-9-11-13-15-17-19-20-21-22-23-30-33-36-39-43-46-50-54-58-62-66-70-76(81)75(74-80)79-77(82)71-67-63-59-55-51-47-44-40-37-34-31-28-26-24-25-27-29-32-35-38-41-45-49-53-57-61-65-69-73-84-78(83)72-68-64-60-56-52-48-42-18-16-14-12-10-8-6-4-2/h18,42,66,70,75-76,80-81H,3-17,19-41,43-65,67-69,71-74H2,1-2H3,(H,79,82)/b42-18-,70-66+. The Balaban J connectivity index is 3.37. The van der Waals surface area contributed by atoms with Crippen LogP contribution in [0.5, 0.6) is 0 Å². The SMILES string of the molecule is CCCCCCCC/C=C\CCCCCCCC(=O)OCCCCCCCCCCCCCCCCCCCCCCCCCCCCCCC(=O)NC(CO)C(O)/C=C/CCCCCCCCCCCCCCCCCCCCCCCC. The molecule has 0 fully saturated rings. The normalized spacial score (nSPS) is 12.6. The maximum atomic E-state index is 12.6. The molecule has 3 N–H and O–H groups in total. The fourth-order valence-electron chi connectivity index (χ4n) is 12.3. The van der Waals surface area contributed by atoms with E-state index in [1.807, 2.05) is 6.08 Å². The average molecular weight is 1180 g/mol. The van der Waals surface area contributed by atoms with E-state index >= 15 is 0 Å². The van der Waals surface area contributed by atoms with Crippen LogP contribution in [-0.2, 0) is 14.3 Å². The zero-order valence-electron chi connectivity index (χ0n) is 57.2. The number of carbonyl (C=O) groups is 2. The van der Waals surface area contributed by atoms with Crippen molar-refractivity contribution in [3.63, 3.8) is 0 Å². The van der Waals surface area contributed by atoms with E-state index in [2.05, 4.69) is 31.3 Å². The van der Waals surface area contributed by atoms with Gasteiger partial charge in [-0.25, -0.2) is 0 Å². The lowest BCUT2D eigenvalue weighted by molar-refractivity contribution is -0.143. The number of allylic oxidation sites excluding steroid dienone is 3. The van der Waals surface area contributed by atoms with Crippen LogP contribution >= 0.6 is 0 Å². The van der Waals surface area contributed by atoms with Gasteiger partial charge in [-0.2, -0.15) is 0 Å². The zero-order chi connectivity index (χ0) is 60.6. The van der Waals surface area contributed by atoms with Crippen molar-refractivity contribution in [3.05, 3.63) is 24.3 Å². The van der Waals surface area contributed by atoms with Gasteiger partial charge in [0.25, 0.3) is 0 Å². The van der Waals surface area contributed by atoms with Gasteiger partial charge in [0.2, 0.25) is 5.91 Å². The fraction of sp³-hybridized carbons (Fsp3) is 0.923. The van der Waals surface area contributed by atoms with Crippen molar-refractivity contribution in [2.45, 2.75) is 450 Å². The smallest absolute Gasteiger partial charge is 0.305 e. The Kier molecular flexibility index (Phi) is 72.3. The summed E-state index contributed by atoms with van der Waals surface area (Å²) >= 11 is 0. The van der Waals surface area contributed by atoms with Gasteiger partial charge in [-0.3, -0.25) is 9.59 Å². The maximum absolute atomic E-state index is 12.6. The summed E-state index contributed by atoms with van der Waals surface area (Å²) in [6, 6.07) is -0.627. The summed E-state index contributed by atoms with van der Waals surface area (Å²) in [6.07, 6.45) is 94.3. The number of nitrogens with one attached hydrogen (secondary N) is 1. The number of aliphatic hydroxyl groups is 2. The van der Waals surface area contributed by atoms with E-state index in [0.29, 0.717) is 19.4 Å². The van der Waals surface area contributed by atoms with E-state index in [-0.39, 0.29) is 18.5 Å². The molecule has 0 bridgehead atoms. The third-order valence-electron chi connectivity index (χ3n) is 18.2. The van der Waals surface area contributed by atoms with Crippen molar-refractivity contribution in [2.24, 2.45) is 0 Å². The highest BCUT2D eigenvalue weighted by Crippen LogP contribution is 2.20. The summed E-state index contributed by atoms with van der Waals surface area (Å²) in [7, 11) is 0. The average Bonchev–Trinajstić information content (AvgIpc) is 3.51. The number of amides is 1. The first kappa shape index (κ1) is 82.3. The van der Waals surface area contributed by atoms with Gasteiger partial charge in [0, 0.05) is 12.8 Å².